The SMILES string of the molecule is O=C(O)CC1(CSC2c3ccccc3COc3ccc(C=Cc4ccc5c(F)c(F)c(F)cc5n4)cc32)CC1. The third kappa shape index (κ3) is 5.13. The minimum atomic E-state index is -1.51. The van der Waals surface area contributed by atoms with Gasteiger partial charge in [0.2, 0.25) is 0 Å². The number of halogens is 3. The van der Waals surface area contributed by atoms with Crippen molar-refractivity contribution < 1.29 is 27.8 Å². The molecule has 1 fully saturated rings. The molecule has 6 rings (SSSR count). The summed E-state index contributed by atoms with van der Waals surface area (Å²) >= 11 is 1.75. The molecule has 0 bridgehead atoms. The Morgan fingerprint density at radius 3 is 2.64 bits per heavy atom. The highest BCUT2D eigenvalue weighted by molar-refractivity contribution is 7.99. The van der Waals surface area contributed by atoms with Crippen LogP contribution < -0.4 is 4.74 Å². The van der Waals surface area contributed by atoms with Crippen LogP contribution in [0.2, 0.25) is 0 Å². The predicted octanol–water partition coefficient (Wildman–Crippen LogP) is 7.79. The molecule has 1 saturated carbocycles. The van der Waals surface area contributed by atoms with Crippen molar-refractivity contribution in [1.82, 2.24) is 4.98 Å². The molecule has 3 aromatic carbocycles. The molecule has 0 spiro atoms. The van der Waals surface area contributed by atoms with Crippen LogP contribution >= 0.6 is 11.8 Å². The largest absolute Gasteiger partial charge is 0.489 e. The molecule has 2 aliphatic rings. The van der Waals surface area contributed by atoms with Crippen LogP contribution in [0.5, 0.6) is 5.75 Å². The van der Waals surface area contributed by atoms with Gasteiger partial charge in [0.25, 0.3) is 0 Å². The zero-order valence-corrected chi connectivity index (χ0v) is 21.6. The van der Waals surface area contributed by atoms with Gasteiger partial charge in [-0.2, -0.15) is 0 Å². The number of pyridine rings is 1. The summed E-state index contributed by atoms with van der Waals surface area (Å²) in [4.78, 5) is 15.7. The number of ether oxygens (including phenoxy) is 1. The van der Waals surface area contributed by atoms with Crippen LogP contribution in [0.1, 0.15) is 52.5 Å². The fourth-order valence-electron chi connectivity index (χ4n) is 5.03. The number of carboxylic acid groups (broad SMARTS) is 1. The van der Waals surface area contributed by atoms with Crippen LogP contribution in [0, 0.1) is 22.9 Å². The summed E-state index contributed by atoms with van der Waals surface area (Å²) in [7, 11) is 0. The molecule has 1 atom stereocenters. The van der Waals surface area contributed by atoms with Crippen molar-refractivity contribution >= 4 is 40.8 Å². The van der Waals surface area contributed by atoms with E-state index >= 15 is 0 Å². The van der Waals surface area contributed by atoms with Crippen molar-refractivity contribution in [3.05, 3.63) is 106 Å². The zero-order chi connectivity index (χ0) is 27.1. The maximum absolute atomic E-state index is 14.1. The van der Waals surface area contributed by atoms with Crippen LogP contribution in [0.3, 0.4) is 0 Å². The normalized spacial score (nSPS) is 17.4. The minimum Gasteiger partial charge on any atom is -0.489 e. The number of aliphatic carboxylic acids is 1. The average molecular weight is 548 g/mol. The topological polar surface area (TPSA) is 59.4 Å². The first-order chi connectivity index (χ1) is 18.8. The van der Waals surface area contributed by atoms with E-state index in [4.69, 9.17) is 4.74 Å². The third-order valence-corrected chi connectivity index (χ3v) is 8.99. The highest BCUT2D eigenvalue weighted by Crippen LogP contribution is 2.55. The van der Waals surface area contributed by atoms with Crippen molar-refractivity contribution in [2.45, 2.75) is 31.1 Å². The molecular formula is C31H24F3NO3S. The molecule has 1 unspecified atom stereocenters. The number of nitrogens with zero attached hydrogens (tertiary/aromatic N) is 1. The number of aromatic nitrogens is 1. The third-order valence-electron chi connectivity index (χ3n) is 7.37. The van der Waals surface area contributed by atoms with E-state index in [0.717, 1.165) is 52.7 Å². The number of rotatable bonds is 7. The number of hydrogen-bond donors (Lipinski definition) is 1. The van der Waals surface area contributed by atoms with Crippen molar-refractivity contribution in [1.29, 1.82) is 0 Å². The van der Waals surface area contributed by atoms with Gasteiger partial charge in [0.15, 0.2) is 17.5 Å². The molecular weight excluding hydrogens is 523 g/mol. The molecule has 1 N–H and O–H groups in total. The Kier molecular flexibility index (Phi) is 6.59. The van der Waals surface area contributed by atoms with Gasteiger partial charge >= 0.3 is 5.97 Å². The molecule has 0 saturated heterocycles. The van der Waals surface area contributed by atoms with Crippen LogP contribution in [-0.4, -0.2) is 21.8 Å². The van der Waals surface area contributed by atoms with Gasteiger partial charge in [-0.15, -0.1) is 11.8 Å². The summed E-state index contributed by atoms with van der Waals surface area (Å²) in [6.45, 7) is 0.449. The van der Waals surface area contributed by atoms with Gasteiger partial charge in [-0.3, -0.25) is 4.79 Å². The zero-order valence-electron chi connectivity index (χ0n) is 20.8. The Morgan fingerprint density at radius 2 is 1.85 bits per heavy atom. The molecule has 0 amide bonds. The van der Waals surface area contributed by atoms with Crippen LogP contribution in [0.25, 0.3) is 23.1 Å². The molecule has 2 heterocycles. The Hall–Kier alpha value is -3.78. The second-order valence-corrected chi connectivity index (χ2v) is 11.3. The molecule has 8 heteroatoms. The molecule has 39 heavy (non-hydrogen) atoms. The van der Waals surface area contributed by atoms with Gasteiger partial charge in [0.05, 0.1) is 22.9 Å². The van der Waals surface area contributed by atoms with Gasteiger partial charge in [0.1, 0.15) is 12.4 Å². The molecule has 0 radical (unpaired) electrons. The molecule has 1 aromatic heterocycles. The second kappa shape index (κ2) is 10.1. The Morgan fingerprint density at radius 1 is 1.03 bits per heavy atom. The van der Waals surface area contributed by atoms with Gasteiger partial charge < -0.3 is 9.84 Å². The molecule has 1 aliphatic carbocycles. The Balaban J connectivity index is 1.32. The van der Waals surface area contributed by atoms with Gasteiger partial charge in [0, 0.05) is 22.8 Å². The van der Waals surface area contributed by atoms with Gasteiger partial charge in [-0.05, 0) is 65.3 Å². The van der Waals surface area contributed by atoms with Gasteiger partial charge in [-0.25, -0.2) is 18.2 Å². The number of benzene rings is 3. The standard InChI is InChI=1S/C31H24F3NO3S/c32-24-14-25-22(28(33)29(24)34)9-8-20(35-25)7-5-18-6-10-26-23(13-18)30(21-4-2-1-3-19(21)16-38-26)39-17-31(11-12-31)15-27(36)37/h1-10,13-14,30H,11-12,15-17H2,(H,36,37). The van der Waals surface area contributed by atoms with Crippen LogP contribution in [0.4, 0.5) is 13.2 Å². The predicted molar refractivity (Wildman–Crippen MR) is 146 cm³/mol. The molecule has 1 aliphatic heterocycles. The number of thioether (sulfide) groups is 1. The van der Waals surface area contributed by atoms with Crippen molar-refractivity contribution in [3.63, 3.8) is 0 Å². The first-order valence-corrected chi connectivity index (χ1v) is 13.7. The summed E-state index contributed by atoms with van der Waals surface area (Å²) in [5.74, 6) is -3.28. The first-order valence-electron chi connectivity index (χ1n) is 12.6. The second-order valence-electron chi connectivity index (χ2n) is 10.2. The van der Waals surface area contributed by atoms with E-state index in [1.165, 1.54) is 6.07 Å². The molecule has 198 valence electrons. The van der Waals surface area contributed by atoms with E-state index in [-0.39, 0.29) is 28.0 Å². The minimum absolute atomic E-state index is 0.0297. The summed E-state index contributed by atoms with van der Waals surface area (Å²) in [6.07, 6.45) is 5.62. The average Bonchev–Trinajstić information content (AvgIpc) is 3.71. The fraction of sp³-hybridized carbons (Fsp3) is 0.226. The monoisotopic (exact) mass is 547 g/mol. The quantitative estimate of drug-likeness (QED) is 0.239. The lowest BCUT2D eigenvalue weighted by atomic mass is 9.98. The highest BCUT2D eigenvalue weighted by Gasteiger charge is 2.45. The number of hydrogen-bond acceptors (Lipinski definition) is 4. The number of carbonyl (C=O) groups is 1. The van der Waals surface area contributed by atoms with E-state index in [1.54, 1.807) is 23.9 Å². The highest BCUT2D eigenvalue weighted by atomic mass is 32.2. The van der Waals surface area contributed by atoms with Crippen LogP contribution in [-0.2, 0) is 11.4 Å². The summed E-state index contributed by atoms with van der Waals surface area (Å²) in [5, 5.41) is 9.27. The maximum Gasteiger partial charge on any atom is 0.303 e. The summed E-state index contributed by atoms with van der Waals surface area (Å²) in [5.41, 5.74) is 4.49. The lowest BCUT2D eigenvalue weighted by Crippen LogP contribution is -2.12. The lowest BCUT2D eigenvalue weighted by molar-refractivity contribution is -0.138. The Labute approximate surface area is 227 Å². The van der Waals surface area contributed by atoms with E-state index in [1.807, 2.05) is 30.3 Å². The first kappa shape index (κ1) is 25.5. The van der Waals surface area contributed by atoms with E-state index in [0.29, 0.717) is 12.3 Å². The smallest absolute Gasteiger partial charge is 0.303 e. The fourth-order valence-corrected chi connectivity index (χ4v) is 6.71. The number of carboxylic acids is 1. The van der Waals surface area contributed by atoms with Crippen molar-refractivity contribution in [2.75, 3.05) is 5.75 Å². The Bertz CT molecular complexity index is 1630. The van der Waals surface area contributed by atoms with Crippen molar-refractivity contribution in [3.8, 4) is 5.75 Å². The molecule has 4 aromatic rings. The number of fused-ring (bicyclic) bond motifs is 3. The van der Waals surface area contributed by atoms with E-state index in [9.17, 15) is 23.1 Å². The lowest BCUT2D eigenvalue weighted by Gasteiger charge is -2.22. The molecule has 4 nitrogen and oxygen atoms in total. The summed E-state index contributed by atoms with van der Waals surface area (Å²) < 4.78 is 47.5. The summed E-state index contributed by atoms with van der Waals surface area (Å²) in [6, 6.07) is 17.9. The van der Waals surface area contributed by atoms with Crippen LogP contribution in [0.15, 0.2) is 60.7 Å². The van der Waals surface area contributed by atoms with Crippen molar-refractivity contribution in [2.24, 2.45) is 5.41 Å². The van der Waals surface area contributed by atoms with Gasteiger partial charge in [-0.1, -0.05) is 36.4 Å². The van der Waals surface area contributed by atoms with E-state index < -0.39 is 23.4 Å². The maximum atomic E-state index is 14.1. The van der Waals surface area contributed by atoms with E-state index in [2.05, 4.69) is 23.2 Å².